The summed E-state index contributed by atoms with van der Waals surface area (Å²) in [5, 5.41) is 0. The van der Waals surface area contributed by atoms with Crippen LogP contribution in [0, 0.1) is 23.2 Å². The van der Waals surface area contributed by atoms with Crippen LogP contribution in [-0.2, 0) is 26.1 Å². The summed E-state index contributed by atoms with van der Waals surface area (Å²) in [5.41, 5.74) is 0.636. The Kier molecular flexibility index (Phi) is 5.87. The minimum absolute atomic E-state index is 0.0136. The molecule has 7 heteroatoms. The van der Waals surface area contributed by atoms with Crippen LogP contribution < -0.4 is 4.72 Å². The number of Topliss-reactive ketones (excluding diaryl/α,β-unsaturated/α-hetero) is 1. The number of ketones is 1. The number of benzene rings is 2. The van der Waals surface area contributed by atoms with Gasteiger partial charge in [-0.15, -0.1) is 0 Å². The van der Waals surface area contributed by atoms with Crippen LogP contribution in [0.5, 0.6) is 0 Å². The van der Waals surface area contributed by atoms with Crippen LogP contribution in [0.4, 0.5) is 0 Å². The highest BCUT2D eigenvalue weighted by Crippen LogP contribution is 2.60. The number of sulfonamides is 1. The van der Waals surface area contributed by atoms with E-state index in [1.54, 1.807) is 0 Å². The van der Waals surface area contributed by atoms with Crippen molar-refractivity contribution in [2.75, 3.05) is 6.61 Å². The molecule has 6 rings (SSSR count). The highest BCUT2D eigenvalue weighted by Gasteiger charge is 2.54. The Morgan fingerprint density at radius 2 is 1.55 bits per heavy atom. The molecule has 0 unspecified atom stereocenters. The molecule has 0 radical (unpaired) electrons. The summed E-state index contributed by atoms with van der Waals surface area (Å²) < 4.78 is 33.3. The van der Waals surface area contributed by atoms with Gasteiger partial charge < -0.3 is 4.74 Å². The van der Waals surface area contributed by atoms with E-state index in [4.69, 9.17) is 4.74 Å². The van der Waals surface area contributed by atoms with E-state index in [1.807, 2.05) is 30.3 Å². The second kappa shape index (κ2) is 8.69. The maximum atomic E-state index is 13.1. The minimum atomic E-state index is -3.80. The molecule has 174 valence electrons. The highest BCUT2D eigenvalue weighted by molar-refractivity contribution is 7.89. The van der Waals surface area contributed by atoms with Gasteiger partial charge in [0.2, 0.25) is 10.0 Å². The number of ether oxygens (including phenoxy) is 1. The van der Waals surface area contributed by atoms with E-state index in [2.05, 4.69) is 4.72 Å². The van der Waals surface area contributed by atoms with Crippen LogP contribution >= 0.6 is 0 Å². The Morgan fingerprint density at radius 3 is 2.18 bits per heavy atom. The average Bonchev–Trinajstić information content (AvgIpc) is 2.81. The van der Waals surface area contributed by atoms with E-state index in [-0.39, 0.29) is 34.8 Å². The minimum Gasteiger partial charge on any atom is -0.454 e. The SMILES string of the molecule is O=C(OCC(=O)C12CC3CC(CC(C3)C1)C2)c1cccc(S(=O)(=O)NCc2ccccc2)c1. The number of carbonyl (C=O) groups is 2. The highest BCUT2D eigenvalue weighted by atomic mass is 32.2. The quantitative estimate of drug-likeness (QED) is 0.590. The van der Waals surface area contributed by atoms with Crippen LogP contribution in [0.1, 0.15) is 54.4 Å². The van der Waals surface area contributed by atoms with Gasteiger partial charge in [0.15, 0.2) is 12.4 Å². The predicted molar refractivity (Wildman–Crippen MR) is 123 cm³/mol. The van der Waals surface area contributed by atoms with Crippen LogP contribution in [0.2, 0.25) is 0 Å². The van der Waals surface area contributed by atoms with E-state index in [0.29, 0.717) is 17.8 Å². The molecule has 0 aromatic heterocycles. The van der Waals surface area contributed by atoms with Gasteiger partial charge in [-0.25, -0.2) is 17.9 Å². The predicted octanol–water partition coefficient (Wildman–Crippen LogP) is 4.11. The largest absolute Gasteiger partial charge is 0.454 e. The fourth-order valence-corrected chi connectivity index (χ4v) is 7.53. The maximum absolute atomic E-state index is 13.1. The van der Waals surface area contributed by atoms with Crippen molar-refractivity contribution in [1.82, 2.24) is 4.72 Å². The molecule has 4 aliphatic carbocycles. The fourth-order valence-electron chi connectivity index (χ4n) is 6.47. The molecule has 4 fully saturated rings. The van der Waals surface area contributed by atoms with Crippen molar-refractivity contribution in [3.63, 3.8) is 0 Å². The summed E-state index contributed by atoms with van der Waals surface area (Å²) >= 11 is 0. The molecule has 0 heterocycles. The van der Waals surface area contributed by atoms with Crippen molar-refractivity contribution < 1.29 is 22.7 Å². The lowest BCUT2D eigenvalue weighted by Crippen LogP contribution is -2.51. The van der Waals surface area contributed by atoms with Crippen molar-refractivity contribution in [2.24, 2.45) is 23.2 Å². The third kappa shape index (κ3) is 4.62. The lowest BCUT2D eigenvalue weighted by molar-refractivity contribution is -0.147. The van der Waals surface area contributed by atoms with E-state index >= 15 is 0 Å². The molecular weight excluding hydrogens is 438 g/mol. The van der Waals surface area contributed by atoms with Gasteiger partial charge in [-0.3, -0.25) is 4.79 Å². The second-order valence-electron chi connectivity index (χ2n) is 10.0. The van der Waals surface area contributed by atoms with Gasteiger partial charge in [0.1, 0.15) is 0 Å². The van der Waals surface area contributed by atoms with Crippen molar-refractivity contribution >= 4 is 21.8 Å². The molecule has 0 saturated heterocycles. The van der Waals surface area contributed by atoms with Crippen molar-refractivity contribution in [3.8, 4) is 0 Å². The number of hydrogen-bond acceptors (Lipinski definition) is 5. The van der Waals surface area contributed by atoms with Crippen LogP contribution in [0.15, 0.2) is 59.5 Å². The summed E-state index contributed by atoms with van der Waals surface area (Å²) in [4.78, 5) is 25.7. The molecule has 0 aliphatic heterocycles. The fraction of sp³-hybridized carbons (Fsp3) is 0.462. The number of carbonyl (C=O) groups excluding carboxylic acids is 2. The summed E-state index contributed by atoms with van der Waals surface area (Å²) in [6, 6.07) is 14.9. The molecule has 4 aliphatic rings. The molecule has 0 atom stereocenters. The Labute approximate surface area is 194 Å². The average molecular weight is 468 g/mol. The molecule has 33 heavy (non-hydrogen) atoms. The summed E-state index contributed by atoms with van der Waals surface area (Å²) in [6.07, 6.45) is 6.51. The monoisotopic (exact) mass is 467 g/mol. The van der Waals surface area contributed by atoms with Gasteiger partial charge in [-0.05, 0) is 80.0 Å². The summed E-state index contributed by atoms with van der Waals surface area (Å²) in [6.45, 7) is -0.0916. The summed E-state index contributed by atoms with van der Waals surface area (Å²) in [5.74, 6) is 1.28. The lowest BCUT2D eigenvalue weighted by atomic mass is 9.48. The molecule has 4 saturated carbocycles. The Morgan fingerprint density at radius 1 is 0.909 bits per heavy atom. The zero-order valence-electron chi connectivity index (χ0n) is 18.5. The Bertz CT molecular complexity index is 1120. The van der Waals surface area contributed by atoms with Crippen LogP contribution in [0.25, 0.3) is 0 Å². The van der Waals surface area contributed by atoms with Crippen LogP contribution in [-0.4, -0.2) is 26.8 Å². The van der Waals surface area contributed by atoms with Gasteiger partial charge in [0.25, 0.3) is 0 Å². The van der Waals surface area contributed by atoms with Gasteiger partial charge in [0.05, 0.1) is 10.5 Å². The summed E-state index contributed by atoms with van der Waals surface area (Å²) in [7, 11) is -3.80. The molecular formula is C26H29NO5S. The van der Waals surface area contributed by atoms with E-state index in [1.165, 1.54) is 43.5 Å². The van der Waals surface area contributed by atoms with Gasteiger partial charge in [-0.2, -0.15) is 0 Å². The molecule has 0 amide bonds. The first-order valence-corrected chi connectivity index (χ1v) is 13.2. The number of nitrogens with one attached hydrogen (secondary N) is 1. The van der Waals surface area contributed by atoms with Crippen LogP contribution in [0.3, 0.4) is 0 Å². The normalized spacial score (nSPS) is 27.9. The maximum Gasteiger partial charge on any atom is 0.338 e. The van der Waals surface area contributed by atoms with E-state index < -0.39 is 16.0 Å². The van der Waals surface area contributed by atoms with Crippen molar-refractivity contribution in [3.05, 3.63) is 65.7 Å². The van der Waals surface area contributed by atoms with E-state index in [0.717, 1.165) is 24.8 Å². The first kappa shape index (κ1) is 22.3. The number of esters is 1. The number of hydrogen-bond donors (Lipinski definition) is 1. The van der Waals surface area contributed by atoms with Gasteiger partial charge >= 0.3 is 5.97 Å². The molecule has 4 bridgehead atoms. The van der Waals surface area contributed by atoms with E-state index in [9.17, 15) is 18.0 Å². The van der Waals surface area contributed by atoms with Gasteiger partial charge in [0, 0.05) is 12.0 Å². The molecule has 0 spiro atoms. The smallest absolute Gasteiger partial charge is 0.338 e. The van der Waals surface area contributed by atoms with Crippen molar-refractivity contribution in [2.45, 2.75) is 50.0 Å². The molecule has 1 N–H and O–H groups in total. The van der Waals surface area contributed by atoms with Gasteiger partial charge in [-0.1, -0.05) is 36.4 Å². The molecule has 6 nitrogen and oxygen atoms in total. The third-order valence-electron chi connectivity index (χ3n) is 7.65. The Hall–Kier alpha value is -2.51. The first-order chi connectivity index (χ1) is 15.8. The first-order valence-electron chi connectivity index (χ1n) is 11.7. The molecule has 2 aromatic carbocycles. The zero-order chi connectivity index (χ0) is 23.1. The molecule has 2 aromatic rings. The lowest BCUT2D eigenvalue weighted by Gasteiger charge is -2.55. The topological polar surface area (TPSA) is 89.5 Å². The van der Waals surface area contributed by atoms with Crippen molar-refractivity contribution in [1.29, 1.82) is 0 Å². The number of rotatable bonds is 8. The second-order valence-corrected chi connectivity index (χ2v) is 11.8. The zero-order valence-corrected chi connectivity index (χ0v) is 19.4. The Balaban J connectivity index is 1.22. The third-order valence-corrected chi connectivity index (χ3v) is 9.05. The standard InChI is InChI=1S/C26H29NO5S/c28-24(26-13-19-9-20(14-26)11-21(10-19)15-26)17-32-25(29)22-7-4-8-23(12-22)33(30,31)27-16-18-5-2-1-3-6-18/h1-8,12,19-21,27H,9-11,13-17H2.